The first-order valence-electron chi connectivity index (χ1n) is 5.55. The summed E-state index contributed by atoms with van der Waals surface area (Å²) in [4.78, 5) is 2.88. The van der Waals surface area contributed by atoms with Crippen LogP contribution in [0.1, 0.15) is 47.9 Å². The van der Waals surface area contributed by atoms with Crippen LogP contribution in [0.5, 0.6) is 0 Å². The summed E-state index contributed by atoms with van der Waals surface area (Å²) in [6, 6.07) is 0. The normalized spacial score (nSPS) is 17.3. The van der Waals surface area contributed by atoms with Gasteiger partial charge in [-0.25, -0.2) is 0 Å². The molecule has 0 atom stereocenters. The van der Waals surface area contributed by atoms with Gasteiger partial charge in [0, 0.05) is 19.8 Å². The third kappa shape index (κ3) is 2.07. The number of rotatable bonds is 1. The van der Waals surface area contributed by atoms with Gasteiger partial charge in [-0.05, 0) is 68.0 Å². The van der Waals surface area contributed by atoms with Crippen molar-refractivity contribution in [3.05, 3.63) is 25.4 Å². The van der Waals surface area contributed by atoms with Gasteiger partial charge in [0.1, 0.15) is 0 Å². The van der Waals surface area contributed by atoms with E-state index in [0.717, 1.165) is 0 Å². The molecular formula is C13H17BrS. The summed E-state index contributed by atoms with van der Waals surface area (Å²) in [7, 11) is 0. The molecule has 0 bridgehead atoms. The molecule has 0 radical (unpaired) electrons. The van der Waals surface area contributed by atoms with Crippen molar-refractivity contribution >= 4 is 32.8 Å². The second-order valence-corrected chi connectivity index (χ2v) is 6.59. The number of hydrogen-bond acceptors (Lipinski definition) is 1. The average Bonchev–Trinajstić information content (AvgIpc) is 2.43. The van der Waals surface area contributed by atoms with Crippen molar-refractivity contribution in [2.24, 2.45) is 0 Å². The quantitative estimate of drug-likeness (QED) is 0.641. The second-order valence-electron chi connectivity index (χ2n) is 4.37. The van der Waals surface area contributed by atoms with Gasteiger partial charge in [-0.3, -0.25) is 0 Å². The molecular weight excluding hydrogens is 268 g/mol. The van der Waals surface area contributed by atoms with E-state index < -0.39 is 0 Å². The van der Waals surface area contributed by atoms with Crippen molar-refractivity contribution in [3.63, 3.8) is 0 Å². The standard InChI is InChI=1S/C13H17BrS/c1-8-6-4-5-7-11(8)12-9(2)15-10(3)13(12)14/h4-7H2,1-3H3. The molecule has 0 aliphatic heterocycles. The van der Waals surface area contributed by atoms with Crippen molar-refractivity contribution < 1.29 is 0 Å². The van der Waals surface area contributed by atoms with Gasteiger partial charge >= 0.3 is 0 Å². The van der Waals surface area contributed by atoms with E-state index in [1.54, 1.807) is 11.1 Å². The average molecular weight is 285 g/mol. The lowest BCUT2D eigenvalue weighted by Gasteiger charge is -2.18. The summed E-state index contributed by atoms with van der Waals surface area (Å²) in [6.45, 7) is 6.74. The molecule has 0 unspecified atom stereocenters. The summed E-state index contributed by atoms with van der Waals surface area (Å²) >= 11 is 5.65. The van der Waals surface area contributed by atoms with Gasteiger partial charge in [0.2, 0.25) is 0 Å². The summed E-state index contributed by atoms with van der Waals surface area (Å²) < 4.78 is 1.33. The Kier molecular flexibility index (Phi) is 3.36. The Balaban J connectivity index is 2.53. The molecule has 0 saturated carbocycles. The minimum atomic E-state index is 1.27. The molecule has 15 heavy (non-hydrogen) atoms. The Morgan fingerprint density at radius 3 is 2.20 bits per heavy atom. The highest BCUT2D eigenvalue weighted by Crippen LogP contribution is 2.42. The van der Waals surface area contributed by atoms with Crippen LogP contribution >= 0.6 is 27.3 Å². The fraction of sp³-hybridized carbons (Fsp3) is 0.538. The van der Waals surface area contributed by atoms with Crippen LogP contribution in [0.15, 0.2) is 10.0 Å². The molecule has 0 amide bonds. The Bertz CT molecular complexity index is 412. The van der Waals surface area contributed by atoms with Crippen LogP contribution < -0.4 is 0 Å². The zero-order valence-corrected chi connectivity index (χ0v) is 12.0. The summed E-state index contributed by atoms with van der Waals surface area (Å²) in [6.07, 6.45) is 5.28. The second kappa shape index (κ2) is 4.42. The van der Waals surface area contributed by atoms with E-state index in [1.165, 1.54) is 45.5 Å². The lowest BCUT2D eigenvalue weighted by atomic mass is 9.88. The van der Waals surface area contributed by atoms with Crippen LogP contribution in [-0.2, 0) is 0 Å². The molecule has 0 saturated heterocycles. The molecule has 0 aromatic carbocycles. The first kappa shape index (κ1) is 11.4. The third-order valence-corrected chi connectivity index (χ3v) is 5.51. The van der Waals surface area contributed by atoms with Crippen LogP contribution in [0, 0.1) is 13.8 Å². The van der Waals surface area contributed by atoms with E-state index >= 15 is 0 Å². The number of allylic oxidation sites excluding steroid dienone is 2. The van der Waals surface area contributed by atoms with Gasteiger partial charge in [-0.1, -0.05) is 5.57 Å². The number of hydrogen-bond donors (Lipinski definition) is 0. The van der Waals surface area contributed by atoms with Gasteiger partial charge in [-0.15, -0.1) is 11.3 Å². The van der Waals surface area contributed by atoms with Gasteiger partial charge < -0.3 is 0 Å². The van der Waals surface area contributed by atoms with E-state index in [1.807, 2.05) is 11.3 Å². The minimum absolute atomic E-state index is 1.27. The Morgan fingerprint density at radius 1 is 1.00 bits per heavy atom. The monoisotopic (exact) mass is 284 g/mol. The zero-order chi connectivity index (χ0) is 11.0. The molecule has 1 aromatic heterocycles. The van der Waals surface area contributed by atoms with Crippen LogP contribution in [-0.4, -0.2) is 0 Å². The smallest absolute Gasteiger partial charge is 0.0389 e. The highest BCUT2D eigenvalue weighted by Gasteiger charge is 2.18. The summed E-state index contributed by atoms with van der Waals surface area (Å²) in [5.41, 5.74) is 4.70. The van der Waals surface area contributed by atoms with Crippen molar-refractivity contribution in [2.45, 2.75) is 46.5 Å². The maximum absolute atomic E-state index is 3.74. The van der Waals surface area contributed by atoms with Crippen molar-refractivity contribution in [1.29, 1.82) is 0 Å². The predicted molar refractivity (Wildman–Crippen MR) is 72.6 cm³/mol. The van der Waals surface area contributed by atoms with E-state index in [9.17, 15) is 0 Å². The molecule has 0 spiro atoms. The molecule has 0 N–H and O–H groups in total. The van der Waals surface area contributed by atoms with E-state index in [2.05, 4.69) is 36.7 Å². The van der Waals surface area contributed by atoms with Gasteiger partial charge in [0.05, 0.1) is 0 Å². The summed E-state index contributed by atoms with van der Waals surface area (Å²) in [5.74, 6) is 0. The van der Waals surface area contributed by atoms with Crippen LogP contribution in [0.4, 0.5) is 0 Å². The van der Waals surface area contributed by atoms with Gasteiger partial charge in [0.15, 0.2) is 0 Å². The molecule has 0 fully saturated rings. The molecule has 0 nitrogen and oxygen atoms in total. The molecule has 82 valence electrons. The van der Waals surface area contributed by atoms with E-state index in [4.69, 9.17) is 0 Å². The summed E-state index contributed by atoms with van der Waals surface area (Å²) in [5, 5.41) is 0. The van der Waals surface area contributed by atoms with Crippen LogP contribution in [0.25, 0.3) is 5.57 Å². The van der Waals surface area contributed by atoms with Crippen molar-refractivity contribution in [1.82, 2.24) is 0 Å². The van der Waals surface area contributed by atoms with Gasteiger partial charge in [-0.2, -0.15) is 0 Å². The zero-order valence-electron chi connectivity index (χ0n) is 9.61. The predicted octanol–water partition coefficient (Wildman–Crippen LogP) is 5.47. The Hall–Kier alpha value is -0.0800. The fourth-order valence-corrected chi connectivity index (χ4v) is 4.28. The van der Waals surface area contributed by atoms with Crippen LogP contribution in [0.2, 0.25) is 0 Å². The van der Waals surface area contributed by atoms with Crippen LogP contribution in [0.3, 0.4) is 0 Å². The first-order chi connectivity index (χ1) is 7.11. The maximum atomic E-state index is 3.74. The lowest BCUT2D eigenvalue weighted by Crippen LogP contribution is -1.97. The van der Waals surface area contributed by atoms with Crippen molar-refractivity contribution in [2.75, 3.05) is 0 Å². The highest BCUT2D eigenvalue weighted by molar-refractivity contribution is 9.10. The molecule has 2 rings (SSSR count). The SMILES string of the molecule is CC1=C(c2c(C)sc(C)c2Br)CCCC1. The first-order valence-corrected chi connectivity index (χ1v) is 7.16. The van der Waals surface area contributed by atoms with E-state index in [0.29, 0.717) is 0 Å². The highest BCUT2D eigenvalue weighted by atomic mass is 79.9. The van der Waals surface area contributed by atoms with E-state index in [-0.39, 0.29) is 0 Å². The Morgan fingerprint density at radius 2 is 1.67 bits per heavy atom. The Labute approximate surface area is 105 Å². The molecule has 2 heteroatoms. The minimum Gasteiger partial charge on any atom is -0.144 e. The molecule has 1 aromatic rings. The number of halogens is 1. The molecule has 1 aliphatic carbocycles. The number of aryl methyl sites for hydroxylation is 2. The third-order valence-electron chi connectivity index (χ3n) is 3.23. The molecule has 1 aliphatic rings. The molecule has 1 heterocycles. The number of thiophene rings is 1. The maximum Gasteiger partial charge on any atom is 0.0389 e. The van der Waals surface area contributed by atoms with Gasteiger partial charge in [0.25, 0.3) is 0 Å². The largest absolute Gasteiger partial charge is 0.144 e. The van der Waals surface area contributed by atoms with Crippen molar-refractivity contribution in [3.8, 4) is 0 Å². The topological polar surface area (TPSA) is 0 Å². The fourth-order valence-electron chi connectivity index (χ4n) is 2.40. The lowest BCUT2D eigenvalue weighted by molar-refractivity contribution is 0.714.